The van der Waals surface area contributed by atoms with E-state index in [0.717, 1.165) is 12.8 Å². The van der Waals surface area contributed by atoms with E-state index < -0.39 is 0 Å². The highest BCUT2D eigenvalue weighted by Crippen LogP contribution is 2.33. The molecule has 0 spiro atoms. The molecule has 0 atom stereocenters. The highest BCUT2D eigenvalue weighted by atomic mass is 16.3. The quantitative estimate of drug-likeness (QED) is 0.618. The lowest BCUT2D eigenvalue weighted by Gasteiger charge is -1.99. The van der Waals surface area contributed by atoms with E-state index in [0.29, 0.717) is 5.75 Å². The molecular weight excluding hydrogens is 148 g/mol. The van der Waals surface area contributed by atoms with Crippen LogP contribution in [0.3, 0.4) is 0 Å². The number of benzene rings is 1. The minimum Gasteiger partial charge on any atom is -0.508 e. The first-order valence-corrected chi connectivity index (χ1v) is 4.28. The van der Waals surface area contributed by atoms with Crippen molar-refractivity contribution in [3.8, 4) is 5.75 Å². The highest BCUT2D eigenvalue weighted by Gasteiger charge is 2.14. The zero-order valence-electron chi connectivity index (χ0n) is 7.17. The summed E-state index contributed by atoms with van der Waals surface area (Å²) in [5.41, 5.74) is 4.00. The Bertz CT molecular complexity index is 337. The van der Waals surface area contributed by atoms with E-state index in [2.05, 4.69) is 13.0 Å². The second-order valence-electron chi connectivity index (χ2n) is 3.16. The minimum absolute atomic E-state index is 0.381. The Hall–Kier alpha value is -1.24. The van der Waals surface area contributed by atoms with Crippen LogP contribution in [-0.4, -0.2) is 5.11 Å². The van der Waals surface area contributed by atoms with E-state index >= 15 is 0 Å². The zero-order valence-corrected chi connectivity index (χ0v) is 7.17. The molecule has 1 aromatic rings. The lowest BCUT2D eigenvalue weighted by Crippen LogP contribution is -1.79. The monoisotopic (exact) mass is 160 g/mol. The number of phenolic OH excluding ortho intramolecular Hbond substituents is 1. The van der Waals surface area contributed by atoms with Gasteiger partial charge in [0.25, 0.3) is 0 Å². The normalized spacial score (nSPS) is 18.2. The van der Waals surface area contributed by atoms with Gasteiger partial charge >= 0.3 is 0 Å². The van der Waals surface area contributed by atoms with Gasteiger partial charge in [-0.25, -0.2) is 0 Å². The van der Waals surface area contributed by atoms with Crippen molar-refractivity contribution in [2.24, 2.45) is 0 Å². The maximum absolute atomic E-state index is 9.24. The molecule has 1 nitrogen and oxygen atoms in total. The molecule has 2 rings (SSSR count). The molecule has 0 amide bonds. The first-order chi connectivity index (χ1) is 5.81. The van der Waals surface area contributed by atoms with Crippen LogP contribution in [0.5, 0.6) is 5.75 Å². The van der Waals surface area contributed by atoms with E-state index in [9.17, 15) is 5.11 Å². The molecule has 1 heteroatoms. The number of aryl methyl sites for hydroxylation is 1. The maximum Gasteiger partial charge on any atom is 0.115 e. The predicted molar refractivity (Wildman–Crippen MR) is 50.1 cm³/mol. The van der Waals surface area contributed by atoms with Gasteiger partial charge in [0.05, 0.1) is 0 Å². The Morgan fingerprint density at radius 2 is 2.17 bits per heavy atom. The van der Waals surface area contributed by atoms with Gasteiger partial charge in [-0.3, -0.25) is 0 Å². The lowest BCUT2D eigenvalue weighted by molar-refractivity contribution is 0.474. The number of hydrogen-bond donors (Lipinski definition) is 1. The Morgan fingerprint density at radius 3 is 2.92 bits per heavy atom. The first-order valence-electron chi connectivity index (χ1n) is 4.28. The Morgan fingerprint density at radius 1 is 1.33 bits per heavy atom. The van der Waals surface area contributed by atoms with Crippen LogP contribution in [-0.2, 0) is 6.42 Å². The molecule has 1 aliphatic carbocycles. The van der Waals surface area contributed by atoms with Crippen LogP contribution in [0.1, 0.15) is 24.5 Å². The number of fused-ring (bicyclic) bond motifs is 1. The van der Waals surface area contributed by atoms with Crippen LogP contribution >= 0.6 is 0 Å². The van der Waals surface area contributed by atoms with E-state index in [1.165, 1.54) is 16.7 Å². The number of hydrogen-bond acceptors (Lipinski definition) is 1. The summed E-state index contributed by atoms with van der Waals surface area (Å²) in [6, 6.07) is 5.63. The Balaban J connectivity index is 2.55. The SMILES string of the molecule is C/C=C1\CCc2cc(O)ccc21. The van der Waals surface area contributed by atoms with Crippen molar-refractivity contribution in [2.75, 3.05) is 0 Å². The molecule has 0 heterocycles. The summed E-state index contributed by atoms with van der Waals surface area (Å²) in [6.45, 7) is 2.07. The van der Waals surface area contributed by atoms with Crippen molar-refractivity contribution in [1.29, 1.82) is 0 Å². The predicted octanol–water partition coefficient (Wildman–Crippen LogP) is 2.74. The molecule has 0 fully saturated rings. The molecule has 1 N–H and O–H groups in total. The van der Waals surface area contributed by atoms with Crippen molar-refractivity contribution < 1.29 is 5.11 Å². The fourth-order valence-corrected chi connectivity index (χ4v) is 1.80. The van der Waals surface area contributed by atoms with E-state index in [1.54, 1.807) is 6.07 Å². The van der Waals surface area contributed by atoms with Crippen LogP contribution in [0.2, 0.25) is 0 Å². The van der Waals surface area contributed by atoms with E-state index in [4.69, 9.17) is 0 Å². The van der Waals surface area contributed by atoms with Crippen LogP contribution in [0.15, 0.2) is 24.3 Å². The summed E-state index contributed by atoms with van der Waals surface area (Å²) < 4.78 is 0. The second kappa shape index (κ2) is 2.67. The van der Waals surface area contributed by atoms with Crippen molar-refractivity contribution in [3.63, 3.8) is 0 Å². The van der Waals surface area contributed by atoms with Gasteiger partial charge in [0.2, 0.25) is 0 Å². The Labute approximate surface area is 72.4 Å². The maximum atomic E-state index is 9.24. The van der Waals surface area contributed by atoms with Gasteiger partial charge in [0, 0.05) is 0 Å². The Kier molecular flexibility index (Phi) is 1.65. The number of allylic oxidation sites excluding steroid dienone is 2. The van der Waals surface area contributed by atoms with E-state index in [-0.39, 0.29) is 0 Å². The van der Waals surface area contributed by atoms with Gasteiger partial charge in [-0.1, -0.05) is 12.1 Å². The van der Waals surface area contributed by atoms with Gasteiger partial charge in [-0.15, -0.1) is 0 Å². The third kappa shape index (κ3) is 1.02. The molecule has 0 unspecified atom stereocenters. The third-order valence-electron chi connectivity index (χ3n) is 2.45. The summed E-state index contributed by atoms with van der Waals surface area (Å²) in [6.07, 6.45) is 4.35. The molecule has 62 valence electrons. The second-order valence-corrected chi connectivity index (χ2v) is 3.16. The molecule has 0 radical (unpaired) electrons. The van der Waals surface area contributed by atoms with Gasteiger partial charge in [-0.2, -0.15) is 0 Å². The van der Waals surface area contributed by atoms with Gasteiger partial charge in [0.15, 0.2) is 0 Å². The minimum atomic E-state index is 0.381. The summed E-state index contributed by atoms with van der Waals surface area (Å²) in [7, 11) is 0. The zero-order chi connectivity index (χ0) is 8.55. The molecule has 1 aromatic carbocycles. The summed E-state index contributed by atoms with van der Waals surface area (Å²) in [4.78, 5) is 0. The van der Waals surface area contributed by atoms with Gasteiger partial charge in [-0.05, 0) is 48.6 Å². The standard InChI is InChI=1S/C11H12O/c1-2-8-3-4-9-7-10(12)5-6-11(8)9/h2,5-7,12H,3-4H2,1H3/b8-2+. The molecule has 12 heavy (non-hydrogen) atoms. The molecule has 0 aromatic heterocycles. The van der Waals surface area contributed by atoms with Crippen LogP contribution in [0.25, 0.3) is 5.57 Å². The molecule has 0 bridgehead atoms. The average Bonchev–Trinajstić information content (AvgIpc) is 2.46. The summed E-state index contributed by atoms with van der Waals surface area (Å²) in [5.74, 6) is 0.381. The molecule has 1 aliphatic rings. The average molecular weight is 160 g/mol. The summed E-state index contributed by atoms with van der Waals surface area (Å²) in [5, 5.41) is 9.24. The van der Waals surface area contributed by atoms with Crippen molar-refractivity contribution in [1.82, 2.24) is 0 Å². The van der Waals surface area contributed by atoms with Gasteiger partial charge < -0.3 is 5.11 Å². The molecule has 0 saturated carbocycles. The number of aromatic hydroxyl groups is 1. The topological polar surface area (TPSA) is 20.2 Å². The fraction of sp³-hybridized carbons (Fsp3) is 0.273. The van der Waals surface area contributed by atoms with Crippen molar-refractivity contribution >= 4 is 5.57 Å². The molecule has 0 saturated heterocycles. The largest absolute Gasteiger partial charge is 0.508 e. The van der Waals surface area contributed by atoms with Crippen molar-refractivity contribution in [3.05, 3.63) is 35.4 Å². The van der Waals surface area contributed by atoms with E-state index in [1.807, 2.05) is 12.1 Å². The summed E-state index contributed by atoms with van der Waals surface area (Å²) >= 11 is 0. The fourth-order valence-electron chi connectivity index (χ4n) is 1.80. The van der Waals surface area contributed by atoms with Crippen LogP contribution in [0, 0.1) is 0 Å². The van der Waals surface area contributed by atoms with Crippen molar-refractivity contribution in [2.45, 2.75) is 19.8 Å². The number of rotatable bonds is 0. The first kappa shape index (κ1) is 7.41. The third-order valence-corrected chi connectivity index (χ3v) is 2.45. The molecular formula is C11H12O. The van der Waals surface area contributed by atoms with Crippen LogP contribution < -0.4 is 0 Å². The highest BCUT2D eigenvalue weighted by molar-refractivity contribution is 5.72. The number of phenols is 1. The van der Waals surface area contributed by atoms with Crippen LogP contribution in [0.4, 0.5) is 0 Å². The lowest BCUT2D eigenvalue weighted by atomic mass is 10.1. The smallest absolute Gasteiger partial charge is 0.115 e. The molecule has 0 aliphatic heterocycles. The van der Waals surface area contributed by atoms with Gasteiger partial charge in [0.1, 0.15) is 5.75 Å².